The molecule has 0 spiro atoms. The highest BCUT2D eigenvalue weighted by molar-refractivity contribution is 7.22. The van der Waals surface area contributed by atoms with E-state index in [1.807, 2.05) is 0 Å². The van der Waals surface area contributed by atoms with Crippen LogP contribution in [0.15, 0.2) is 53.5 Å². The van der Waals surface area contributed by atoms with Crippen LogP contribution < -0.4 is 16.1 Å². The fraction of sp³-hybridized carbons (Fsp3) is 0.105. The van der Waals surface area contributed by atoms with Gasteiger partial charge in [0.05, 0.1) is 21.9 Å². The molecule has 0 saturated heterocycles. The summed E-state index contributed by atoms with van der Waals surface area (Å²) in [4.78, 5) is 39.9. The average Bonchev–Trinajstić information content (AvgIpc) is 3.05. The van der Waals surface area contributed by atoms with Crippen molar-refractivity contribution in [1.82, 2.24) is 14.8 Å². The number of fused-ring (bicyclic) bond motifs is 2. The molecule has 28 heavy (non-hydrogen) atoms. The zero-order chi connectivity index (χ0) is 19.7. The minimum absolute atomic E-state index is 0.0478. The standard InChI is InChI=1S/C19H15N5O3S/c1-11(25)21-12-6-7-14-17(8-12)28-19(22-14)23-18(27)10-24-15-5-3-2-4-13(15)16(26)9-20-24/h2-9H,10H2,1H3,(H,21,25)(H,22,23,27). The van der Waals surface area contributed by atoms with Crippen molar-refractivity contribution in [2.24, 2.45) is 0 Å². The third kappa shape index (κ3) is 3.60. The molecule has 0 saturated carbocycles. The minimum Gasteiger partial charge on any atom is -0.326 e. The lowest BCUT2D eigenvalue weighted by Crippen LogP contribution is -2.22. The van der Waals surface area contributed by atoms with E-state index in [0.29, 0.717) is 21.7 Å². The van der Waals surface area contributed by atoms with E-state index in [0.717, 1.165) is 10.2 Å². The van der Waals surface area contributed by atoms with Gasteiger partial charge in [-0.3, -0.25) is 19.1 Å². The van der Waals surface area contributed by atoms with Crippen molar-refractivity contribution in [3.05, 3.63) is 58.9 Å². The van der Waals surface area contributed by atoms with Gasteiger partial charge in [-0.25, -0.2) is 4.98 Å². The van der Waals surface area contributed by atoms with Gasteiger partial charge in [-0.2, -0.15) is 5.10 Å². The molecule has 0 unspecified atom stereocenters. The van der Waals surface area contributed by atoms with E-state index in [1.165, 1.54) is 29.1 Å². The number of para-hydroxylation sites is 1. The summed E-state index contributed by atoms with van der Waals surface area (Å²) in [6.45, 7) is 1.39. The van der Waals surface area contributed by atoms with E-state index in [4.69, 9.17) is 0 Å². The molecule has 2 heterocycles. The monoisotopic (exact) mass is 393 g/mol. The van der Waals surface area contributed by atoms with Crippen LogP contribution in [0.5, 0.6) is 0 Å². The van der Waals surface area contributed by atoms with Crippen molar-refractivity contribution >= 4 is 55.1 Å². The molecule has 0 atom stereocenters. The maximum Gasteiger partial charge on any atom is 0.247 e. The molecule has 2 aromatic carbocycles. The fourth-order valence-electron chi connectivity index (χ4n) is 2.84. The molecule has 0 bridgehead atoms. The summed E-state index contributed by atoms with van der Waals surface area (Å²) in [5.41, 5.74) is 1.80. The lowest BCUT2D eigenvalue weighted by molar-refractivity contribution is -0.117. The van der Waals surface area contributed by atoms with Gasteiger partial charge in [0.2, 0.25) is 17.2 Å². The van der Waals surface area contributed by atoms with Gasteiger partial charge in [-0.15, -0.1) is 0 Å². The number of benzene rings is 2. The van der Waals surface area contributed by atoms with Crippen LogP contribution in [-0.2, 0) is 16.1 Å². The summed E-state index contributed by atoms with van der Waals surface area (Å²) in [7, 11) is 0. The molecule has 9 heteroatoms. The van der Waals surface area contributed by atoms with Crippen LogP contribution in [0.1, 0.15) is 6.92 Å². The lowest BCUT2D eigenvalue weighted by atomic mass is 10.2. The second-order valence-corrected chi connectivity index (χ2v) is 7.15. The van der Waals surface area contributed by atoms with E-state index < -0.39 is 0 Å². The highest BCUT2D eigenvalue weighted by Gasteiger charge is 2.11. The summed E-state index contributed by atoms with van der Waals surface area (Å²) in [6, 6.07) is 12.4. The van der Waals surface area contributed by atoms with Gasteiger partial charge < -0.3 is 10.6 Å². The van der Waals surface area contributed by atoms with Crippen LogP contribution in [0.2, 0.25) is 0 Å². The first-order valence-corrected chi connectivity index (χ1v) is 9.24. The van der Waals surface area contributed by atoms with Crippen LogP contribution in [0.3, 0.4) is 0 Å². The number of amides is 2. The number of thiazole rings is 1. The normalized spacial score (nSPS) is 10.9. The molecule has 0 aliphatic carbocycles. The second kappa shape index (κ2) is 7.20. The Kier molecular flexibility index (Phi) is 4.58. The van der Waals surface area contributed by atoms with Gasteiger partial charge in [-0.1, -0.05) is 23.5 Å². The predicted molar refractivity (Wildman–Crippen MR) is 109 cm³/mol. The Morgan fingerprint density at radius 3 is 2.79 bits per heavy atom. The zero-order valence-electron chi connectivity index (χ0n) is 14.8. The zero-order valence-corrected chi connectivity index (χ0v) is 15.6. The van der Waals surface area contributed by atoms with Crippen LogP contribution >= 0.6 is 11.3 Å². The highest BCUT2D eigenvalue weighted by Crippen LogP contribution is 2.28. The quantitative estimate of drug-likeness (QED) is 0.554. The topological polar surface area (TPSA) is 106 Å². The third-order valence-corrected chi connectivity index (χ3v) is 4.94. The fourth-order valence-corrected chi connectivity index (χ4v) is 3.76. The second-order valence-electron chi connectivity index (χ2n) is 6.11. The van der Waals surface area contributed by atoms with Crippen molar-refractivity contribution < 1.29 is 9.59 Å². The van der Waals surface area contributed by atoms with Gasteiger partial charge in [0.25, 0.3) is 0 Å². The molecule has 140 valence electrons. The minimum atomic E-state index is -0.303. The molecule has 0 aliphatic heterocycles. The van der Waals surface area contributed by atoms with E-state index in [9.17, 15) is 14.4 Å². The first-order valence-electron chi connectivity index (χ1n) is 8.42. The largest absolute Gasteiger partial charge is 0.326 e. The summed E-state index contributed by atoms with van der Waals surface area (Å²) < 4.78 is 2.32. The molecule has 8 nitrogen and oxygen atoms in total. The Morgan fingerprint density at radius 1 is 1.14 bits per heavy atom. The van der Waals surface area contributed by atoms with Gasteiger partial charge in [0.15, 0.2) is 5.13 Å². The number of rotatable bonds is 4. The number of hydrogen-bond donors (Lipinski definition) is 2. The third-order valence-electron chi connectivity index (χ3n) is 4.01. The van der Waals surface area contributed by atoms with Crippen LogP contribution in [0, 0.1) is 0 Å². The Hall–Kier alpha value is -3.59. The number of aromatic nitrogens is 3. The van der Waals surface area contributed by atoms with Gasteiger partial charge in [-0.05, 0) is 30.3 Å². The SMILES string of the molecule is CC(=O)Nc1ccc2nc(NC(=O)Cn3ncc(=O)c4ccccc43)sc2c1. The van der Waals surface area contributed by atoms with Crippen LogP contribution in [-0.4, -0.2) is 26.6 Å². The molecule has 0 aliphatic rings. The van der Waals surface area contributed by atoms with Crippen molar-refractivity contribution in [3.8, 4) is 0 Å². The van der Waals surface area contributed by atoms with Crippen molar-refractivity contribution in [1.29, 1.82) is 0 Å². The molecule has 4 aromatic rings. The summed E-state index contributed by atoms with van der Waals surface area (Å²) >= 11 is 1.31. The van der Waals surface area contributed by atoms with E-state index in [1.54, 1.807) is 42.5 Å². The lowest BCUT2D eigenvalue weighted by Gasteiger charge is -2.08. The Labute approximate surface area is 162 Å². The molecular formula is C19H15N5O3S. The average molecular weight is 393 g/mol. The first-order chi connectivity index (χ1) is 13.5. The van der Waals surface area contributed by atoms with Crippen LogP contribution in [0.25, 0.3) is 21.1 Å². The molecule has 2 aromatic heterocycles. The van der Waals surface area contributed by atoms with Gasteiger partial charge in [0, 0.05) is 18.0 Å². The number of anilines is 2. The Morgan fingerprint density at radius 2 is 1.96 bits per heavy atom. The number of nitrogens with zero attached hydrogens (tertiary/aromatic N) is 3. The van der Waals surface area contributed by atoms with Gasteiger partial charge in [0.1, 0.15) is 6.54 Å². The van der Waals surface area contributed by atoms with E-state index in [2.05, 4.69) is 20.7 Å². The summed E-state index contributed by atoms with van der Waals surface area (Å²) in [6.07, 6.45) is 1.21. The van der Waals surface area contributed by atoms with Crippen molar-refractivity contribution in [2.75, 3.05) is 10.6 Å². The maximum atomic E-state index is 12.5. The molecule has 0 radical (unpaired) electrons. The number of nitrogens with one attached hydrogen (secondary N) is 2. The highest BCUT2D eigenvalue weighted by atomic mass is 32.1. The van der Waals surface area contributed by atoms with Gasteiger partial charge >= 0.3 is 0 Å². The molecule has 2 amide bonds. The Bertz CT molecular complexity index is 1280. The van der Waals surface area contributed by atoms with Crippen molar-refractivity contribution in [3.63, 3.8) is 0 Å². The number of carbonyl (C=O) groups is 2. The Balaban J connectivity index is 1.55. The molecule has 2 N–H and O–H groups in total. The molecule has 0 fully saturated rings. The summed E-state index contributed by atoms with van der Waals surface area (Å²) in [5.74, 6) is -0.458. The molecular weight excluding hydrogens is 378 g/mol. The maximum absolute atomic E-state index is 12.5. The smallest absolute Gasteiger partial charge is 0.247 e. The number of hydrogen-bond acceptors (Lipinski definition) is 6. The first kappa shape index (κ1) is 17.8. The number of carbonyl (C=O) groups excluding carboxylic acids is 2. The van der Waals surface area contributed by atoms with Crippen LogP contribution in [0.4, 0.5) is 10.8 Å². The van der Waals surface area contributed by atoms with E-state index in [-0.39, 0.29) is 23.8 Å². The summed E-state index contributed by atoms with van der Waals surface area (Å²) in [5, 5.41) is 10.5. The van der Waals surface area contributed by atoms with E-state index >= 15 is 0 Å². The predicted octanol–water partition coefficient (Wildman–Crippen LogP) is 2.60. The van der Waals surface area contributed by atoms with Crippen molar-refractivity contribution in [2.45, 2.75) is 13.5 Å². The molecule has 4 rings (SSSR count).